The molecule has 0 aromatic rings. The lowest BCUT2D eigenvalue weighted by atomic mass is 10.0. The molecular formula is C10H18N2O3S. The van der Waals surface area contributed by atoms with Gasteiger partial charge in [0.25, 0.3) is 0 Å². The first-order valence-electron chi connectivity index (χ1n) is 5.48. The first kappa shape index (κ1) is 13.4. The Balaban J connectivity index is 2.52. The Kier molecular flexibility index (Phi) is 4.30. The van der Waals surface area contributed by atoms with Gasteiger partial charge in [0.05, 0.1) is 6.07 Å². The van der Waals surface area contributed by atoms with E-state index in [4.69, 9.17) is 10.4 Å². The SMILES string of the molecule is CCC(C#N)S(=O)(=O)NCC1(CCO)CC1. The predicted molar refractivity (Wildman–Crippen MR) is 60.0 cm³/mol. The number of nitrogens with zero attached hydrogens (tertiary/aromatic N) is 1. The van der Waals surface area contributed by atoms with Crippen LogP contribution in [0.15, 0.2) is 0 Å². The van der Waals surface area contributed by atoms with Crippen LogP contribution in [0.25, 0.3) is 0 Å². The fourth-order valence-corrected chi connectivity index (χ4v) is 2.95. The van der Waals surface area contributed by atoms with Crippen LogP contribution in [0, 0.1) is 16.7 Å². The van der Waals surface area contributed by atoms with Crippen molar-refractivity contribution in [3.8, 4) is 6.07 Å². The molecule has 5 nitrogen and oxygen atoms in total. The standard InChI is InChI=1S/C10H18N2O3S/c1-2-9(7-11)16(14,15)12-8-10(3-4-10)5-6-13/h9,12-13H,2-6,8H2,1H3. The van der Waals surface area contributed by atoms with E-state index in [1.54, 1.807) is 13.0 Å². The number of nitriles is 1. The fourth-order valence-electron chi connectivity index (χ4n) is 1.66. The third kappa shape index (κ3) is 3.17. The molecule has 1 aliphatic carbocycles. The highest BCUT2D eigenvalue weighted by Crippen LogP contribution is 2.48. The summed E-state index contributed by atoms with van der Waals surface area (Å²) in [6.07, 6.45) is 2.80. The molecule has 1 aliphatic rings. The molecule has 0 amide bonds. The number of hydrogen-bond donors (Lipinski definition) is 2. The first-order chi connectivity index (χ1) is 7.49. The molecule has 0 heterocycles. The van der Waals surface area contributed by atoms with Crippen LogP contribution >= 0.6 is 0 Å². The zero-order valence-corrected chi connectivity index (χ0v) is 10.3. The van der Waals surface area contributed by atoms with Crippen molar-refractivity contribution in [1.82, 2.24) is 4.72 Å². The highest BCUT2D eigenvalue weighted by Gasteiger charge is 2.42. The molecule has 1 saturated carbocycles. The van der Waals surface area contributed by atoms with Gasteiger partial charge >= 0.3 is 0 Å². The molecule has 2 N–H and O–H groups in total. The second-order valence-electron chi connectivity index (χ2n) is 4.37. The van der Waals surface area contributed by atoms with E-state index in [9.17, 15) is 8.42 Å². The van der Waals surface area contributed by atoms with Crippen LogP contribution in [0.4, 0.5) is 0 Å². The minimum atomic E-state index is -3.53. The minimum Gasteiger partial charge on any atom is -0.396 e. The quantitative estimate of drug-likeness (QED) is 0.679. The van der Waals surface area contributed by atoms with Gasteiger partial charge in [0.2, 0.25) is 10.0 Å². The topological polar surface area (TPSA) is 90.2 Å². The molecule has 0 aromatic carbocycles. The largest absolute Gasteiger partial charge is 0.396 e. The van der Waals surface area contributed by atoms with Gasteiger partial charge in [-0.05, 0) is 31.1 Å². The Labute approximate surface area is 96.5 Å². The Morgan fingerprint density at radius 2 is 2.19 bits per heavy atom. The summed E-state index contributed by atoms with van der Waals surface area (Å²) in [6, 6.07) is 1.78. The lowest BCUT2D eigenvalue weighted by molar-refractivity contribution is 0.249. The smallest absolute Gasteiger partial charge is 0.227 e. The summed E-state index contributed by atoms with van der Waals surface area (Å²) in [4.78, 5) is 0. The summed E-state index contributed by atoms with van der Waals surface area (Å²) >= 11 is 0. The average Bonchev–Trinajstić information content (AvgIpc) is 2.98. The van der Waals surface area contributed by atoms with Crippen LogP contribution in [0.1, 0.15) is 32.6 Å². The van der Waals surface area contributed by atoms with E-state index in [0.717, 1.165) is 12.8 Å². The molecule has 1 fully saturated rings. The zero-order valence-electron chi connectivity index (χ0n) is 9.44. The van der Waals surface area contributed by atoms with Crippen molar-refractivity contribution in [3.63, 3.8) is 0 Å². The molecule has 92 valence electrons. The molecule has 0 aliphatic heterocycles. The van der Waals surface area contributed by atoms with Gasteiger partial charge in [0.1, 0.15) is 0 Å². The van der Waals surface area contributed by atoms with Gasteiger partial charge in [-0.1, -0.05) is 6.92 Å². The molecule has 1 unspecified atom stereocenters. The van der Waals surface area contributed by atoms with Gasteiger partial charge < -0.3 is 5.11 Å². The molecule has 16 heavy (non-hydrogen) atoms. The fraction of sp³-hybridized carbons (Fsp3) is 0.900. The molecule has 0 radical (unpaired) electrons. The first-order valence-corrected chi connectivity index (χ1v) is 7.03. The average molecular weight is 246 g/mol. The number of aliphatic hydroxyl groups is 1. The highest BCUT2D eigenvalue weighted by atomic mass is 32.2. The molecule has 0 saturated heterocycles. The minimum absolute atomic E-state index is 0.0600. The van der Waals surface area contributed by atoms with Crippen molar-refractivity contribution in [1.29, 1.82) is 5.26 Å². The zero-order chi connectivity index (χ0) is 12.2. The van der Waals surface area contributed by atoms with Crippen molar-refractivity contribution < 1.29 is 13.5 Å². The van der Waals surface area contributed by atoms with E-state index >= 15 is 0 Å². The maximum Gasteiger partial charge on any atom is 0.227 e. The normalized spacial score (nSPS) is 20.1. The lowest BCUT2D eigenvalue weighted by Gasteiger charge is -2.16. The summed E-state index contributed by atoms with van der Waals surface area (Å²) in [5.74, 6) is 0. The maximum absolute atomic E-state index is 11.7. The third-order valence-corrected chi connectivity index (χ3v) is 4.87. The monoisotopic (exact) mass is 246 g/mol. The maximum atomic E-state index is 11.7. The van der Waals surface area contributed by atoms with Crippen molar-refractivity contribution >= 4 is 10.0 Å². The van der Waals surface area contributed by atoms with E-state index in [1.807, 2.05) is 0 Å². The number of rotatable bonds is 7. The predicted octanol–water partition coefficient (Wildman–Crippen LogP) is 0.371. The number of nitrogens with one attached hydrogen (secondary N) is 1. The highest BCUT2D eigenvalue weighted by molar-refractivity contribution is 7.90. The van der Waals surface area contributed by atoms with Gasteiger partial charge in [-0.3, -0.25) is 0 Å². The van der Waals surface area contributed by atoms with Gasteiger partial charge in [-0.15, -0.1) is 0 Å². The Morgan fingerprint density at radius 1 is 1.56 bits per heavy atom. The molecule has 1 atom stereocenters. The second kappa shape index (κ2) is 5.13. The van der Waals surface area contributed by atoms with Crippen LogP contribution in [-0.2, 0) is 10.0 Å². The number of aliphatic hydroxyl groups excluding tert-OH is 1. The van der Waals surface area contributed by atoms with Crippen molar-refractivity contribution in [2.24, 2.45) is 5.41 Å². The van der Waals surface area contributed by atoms with Crippen molar-refractivity contribution in [2.75, 3.05) is 13.2 Å². The Morgan fingerprint density at radius 3 is 2.56 bits per heavy atom. The Hall–Kier alpha value is -0.640. The third-order valence-electron chi connectivity index (χ3n) is 3.14. The van der Waals surface area contributed by atoms with E-state index in [1.165, 1.54) is 0 Å². The van der Waals surface area contributed by atoms with E-state index in [0.29, 0.717) is 19.4 Å². The Bertz CT molecular complexity index is 368. The summed E-state index contributed by atoms with van der Waals surface area (Å²) < 4.78 is 25.8. The summed E-state index contributed by atoms with van der Waals surface area (Å²) in [6.45, 7) is 2.10. The van der Waals surface area contributed by atoms with E-state index in [2.05, 4.69) is 4.72 Å². The van der Waals surface area contributed by atoms with Gasteiger partial charge in [0.15, 0.2) is 5.25 Å². The van der Waals surface area contributed by atoms with Crippen LogP contribution in [0.3, 0.4) is 0 Å². The number of hydrogen-bond acceptors (Lipinski definition) is 4. The lowest BCUT2D eigenvalue weighted by Crippen LogP contribution is -2.37. The van der Waals surface area contributed by atoms with Crippen LogP contribution in [0.5, 0.6) is 0 Å². The molecule has 1 rings (SSSR count). The molecule has 6 heteroatoms. The molecule has 0 bridgehead atoms. The van der Waals surface area contributed by atoms with Gasteiger partial charge in [-0.25, -0.2) is 13.1 Å². The summed E-state index contributed by atoms with van der Waals surface area (Å²) in [5, 5.41) is 16.6. The molecular weight excluding hydrogens is 228 g/mol. The van der Waals surface area contributed by atoms with Gasteiger partial charge in [0, 0.05) is 13.2 Å². The van der Waals surface area contributed by atoms with Crippen LogP contribution < -0.4 is 4.72 Å². The van der Waals surface area contributed by atoms with Crippen molar-refractivity contribution in [3.05, 3.63) is 0 Å². The molecule has 0 spiro atoms. The summed E-state index contributed by atoms with van der Waals surface area (Å²) in [5.41, 5.74) is -0.0600. The van der Waals surface area contributed by atoms with E-state index in [-0.39, 0.29) is 12.0 Å². The second-order valence-corrected chi connectivity index (χ2v) is 6.31. The number of sulfonamides is 1. The summed E-state index contributed by atoms with van der Waals surface area (Å²) in [7, 11) is -3.53. The van der Waals surface area contributed by atoms with Gasteiger partial charge in [-0.2, -0.15) is 5.26 Å². The van der Waals surface area contributed by atoms with Crippen LogP contribution in [0.2, 0.25) is 0 Å². The van der Waals surface area contributed by atoms with Crippen LogP contribution in [-0.4, -0.2) is 31.9 Å². The molecule has 0 aromatic heterocycles. The van der Waals surface area contributed by atoms with Crippen molar-refractivity contribution in [2.45, 2.75) is 37.9 Å². The van der Waals surface area contributed by atoms with E-state index < -0.39 is 15.3 Å².